The summed E-state index contributed by atoms with van der Waals surface area (Å²) in [5.41, 5.74) is 2.79. The van der Waals surface area contributed by atoms with Gasteiger partial charge in [0, 0.05) is 26.1 Å². The molecule has 2 amide bonds. The van der Waals surface area contributed by atoms with Crippen molar-refractivity contribution in [1.29, 1.82) is 0 Å². The number of carbonyl (C=O) groups is 2. The van der Waals surface area contributed by atoms with E-state index in [0.29, 0.717) is 39.0 Å². The number of carbonyl (C=O) groups excluding carboxylic acids is 2. The van der Waals surface area contributed by atoms with Crippen molar-refractivity contribution < 1.29 is 19.1 Å². The molecule has 3 rings (SSSR count). The zero-order valence-electron chi connectivity index (χ0n) is 22.1. The van der Waals surface area contributed by atoms with Crippen LogP contribution in [0.25, 0.3) is 0 Å². The van der Waals surface area contributed by atoms with Gasteiger partial charge in [-0.3, -0.25) is 9.59 Å². The van der Waals surface area contributed by atoms with Gasteiger partial charge >= 0.3 is 0 Å². The molecule has 0 fully saturated rings. The molecule has 0 aliphatic heterocycles. The van der Waals surface area contributed by atoms with E-state index in [4.69, 9.17) is 9.47 Å². The van der Waals surface area contributed by atoms with Gasteiger partial charge in [-0.15, -0.1) is 0 Å². The molecule has 196 valence electrons. The number of amides is 2. The molecule has 0 aliphatic carbocycles. The van der Waals surface area contributed by atoms with E-state index in [-0.39, 0.29) is 17.9 Å². The third kappa shape index (κ3) is 9.07. The standard InChI is InChI=1S/C31H38N2O4/c1-24(2)37-22-10-21-32-31(35)30(27-13-8-5-9-14-27)33(23-26-15-18-28(36-3)19-16-26)29(34)20-17-25-11-6-4-7-12-25/h4-9,11-16,18-19,24,30H,10,17,20-23H2,1-3H3,(H,32,35)/t30-/m0/s1. The number of ether oxygens (including phenoxy) is 2. The molecule has 0 unspecified atom stereocenters. The van der Waals surface area contributed by atoms with Crippen LogP contribution in [-0.4, -0.2) is 43.1 Å². The topological polar surface area (TPSA) is 67.9 Å². The van der Waals surface area contributed by atoms with Crippen LogP contribution in [0.15, 0.2) is 84.9 Å². The van der Waals surface area contributed by atoms with Crippen molar-refractivity contribution in [3.05, 3.63) is 102 Å². The van der Waals surface area contributed by atoms with Crippen molar-refractivity contribution in [2.45, 2.75) is 51.8 Å². The Labute approximate surface area is 220 Å². The lowest BCUT2D eigenvalue weighted by molar-refractivity contribution is -0.141. The van der Waals surface area contributed by atoms with Crippen LogP contribution in [0.2, 0.25) is 0 Å². The maximum absolute atomic E-state index is 13.7. The molecule has 0 saturated carbocycles. The SMILES string of the molecule is COc1ccc(CN(C(=O)CCc2ccccc2)[C@H](C(=O)NCCCOC(C)C)c2ccccc2)cc1. The van der Waals surface area contributed by atoms with E-state index in [2.05, 4.69) is 5.32 Å². The minimum Gasteiger partial charge on any atom is -0.497 e. The van der Waals surface area contributed by atoms with Gasteiger partial charge in [0.1, 0.15) is 11.8 Å². The maximum atomic E-state index is 13.7. The Balaban J connectivity index is 1.84. The van der Waals surface area contributed by atoms with Crippen LogP contribution < -0.4 is 10.1 Å². The lowest BCUT2D eigenvalue weighted by Crippen LogP contribution is -2.44. The fraction of sp³-hybridized carbons (Fsp3) is 0.355. The summed E-state index contributed by atoms with van der Waals surface area (Å²) in [6.45, 7) is 5.33. The van der Waals surface area contributed by atoms with E-state index in [1.165, 1.54) is 0 Å². The Bertz CT molecular complexity index is 1090. The summed E-state index contributed by atoms with van der Waals surface area (Å²) in [6.07, 6.45) is 1.76. The molecule has 0 aliphatic rings. The number of hydrogen-bond acceptors (Lipinski definition) is 4. The summed E-state index contributed by atoms with van der Waals surface area (Å²) in [6, 6.07) is 26.3. The molecule has 0 bridgehead atoms. The van der Waals surface area contributed by atoms with Gasteiger partial charge < -0.3 is 19.7 Å². The molecule has 6 nitrogen and oxygen atoms in total. The molecule has 0 saturated heterocycles. The van der Waals surface area contributed by atoms with E-state index in [1.807, 2.05) is 98.8 Å². The number of hydrogen-bond donors (Lipinski definition) is 1. The third-order valence-electron chi connectivity index (χ3n) is 6.05. The second kappa shape index (κ2) is 14.8. The number of nitrogens with one attached hydrogen (secondary N) is 1. The fourth-order valence-electron chi connectivity index (χ4n) is 4.10. The van der Waals surface area contributed by atoms with Crippen molar-refractivity contribution in [2.75, 3.05) is 20.3 Å². The molecule has 3 aromatic rings. The summed E-state index contributed by atoms with van der Waals surface area (Å²) in [4.78, 5) is 29.0. The molecular weight excluding hydrogens is 464 g/mol. The monoisotopic (exact) mass is 502 g/mol. The number of aryl methyl sites for hydroxylation is 1. The van der Waals surface area contributed by atoms with Crippen LogP contribution in [-0.2, 0) is 27.3 Å². The highest BCUT2D eigenvalue weighted by atomic mass is 16.5. The molecule has 3 aromatic carbocycles. The smallest absolute Gasteiger partial charge is 0.247 e. The fourth-order valence-corrected chi connectivity index (χ4v) is 4.10. The molecule has 0 radical (unpaired) electrons. The quantitative estimate of drug-likeness (QED) is 0.303. The number of benzene rings is 3. The van der Waals surface area contributed by atoms with Crippen molar-refractivity contribution in [2.24, 2.45) is 0 Å². The summed E-state index contributed by atoms with van der Waals surface area (Å²) < 4.78 is 10.9. The van der Waals surface area contributed by atoms with Gasteiger partial charge in [0.2, 0.25) is 11.8 Å². The average Bonchev–Trinajstić information content (AvgIpc) is 2.92. The van der Waals surface area contributed by atoms with E-state index < -0.39 is 6.04 Å². The summed E-state index contributed by atoms with van der Waals surface area (Å²) in [7, 11) is 1.62. The lowest BCUT2D eigenvalue weighted by atomic mass is 10.0. The van der Waals surface area contributed by atoms with Crippen molar-refractivity contribution in [1.82, 2.24) is 10.2 Å². The van der Waals surface area contributed by atoms with Crippen LogP contribution in [0.5, 0.6) is 5.75 Å². The van der Waals surface area contributed by atoms with Crippen LogP contribution >= 0.6 is 0 Å². The normalized spacial score (nSPS) is 11.7. The molecule has 1 N–H and O–H groups in total. The van der Waals surface area contributed by atoms with Gasteiger partial charge in [-0.2, -0.15) is 0 Å². The summed E-state index contributed by atoms with van der Waals surface area (Å²) >= 11 is 0. The molecular formula is C31H38N2O4. The molecule has 6 heteroatoms. The number of nitrogens with zero attached hydrogens (tertiary/aromatic N) is 1. The first-order chi connectivity index (χ1) is 18.0. The third-order valence-corrected chi connectivity index (χ3v) is 6.05. The van der Waals surface area contributed by atoms with Gasteiger partial charge in [-0.05, 0) is 55.5 Å². The Morgan fingerprint density at radius 2 is 1.51 bits per heavy atom. The van der Waals surface area contributed by atoms with E-state index >= 15 is 0 Å². The van der Waals surface area contributed by atoms with Gasteiger partial charge in [-0.25, -0.2) is 0 Å². The Morgan fingerprint density at radius 1 is 0.865 bits per heavy atom. The molecule has 0 heterocycles. The van der Waals surface area contributed by atoms with E-state index in [0.717, 1.165) is 22.4 Å². The zero-order valence-corrected chi connectivity index (χ0v) is 22.1. The number of methoxy groups -OCH3 is 1. The first-order valence-electron chi connectivity index (χ1n) is 12.9. The highest BCUT2D eigenvalue weighted by Gasteiger charge is 2.31. The molecule has 0 aromatic heterocycles. The van der Waals surface area contributed by atoms with Gasteiger partial charge in [-0.1, -0.05) is 72.8 Å². The van der Waals surface area contributed by atoms with Crippen LogP contribution in [0, 0.1) is 0 Å². The van der Waals surface area contributed by atoms with Gasteiger partial charge in [0.15, 0.2) is 0 Å². The molecule has 1 atom stereocenters. The second-order valence-electron chi connectivity index (χ2n) is 9.23. The average molecular weight is 503 g/mol. The maximum Gasteiger partial charge on any atom is 0.247 e. The highest BCUT2D eigenvalue weighted by Crippen LogP contribution is 2.26. The first kappa shape index (κ1) is 27.9. The lowest BCUT2D eigenvalue weighted by Gasteiger charge is -2.32. The first-order valence-corrected chi connectivity index (χ1v) is 12.9. The van der Waals surface area contributed by atoms with Crippen molar-refractivity contribution >= 4 is 11.8 Å². The van der Waals surface area contributed by atoms with Crippen LogP contribution in [0.4, 0.5) is 0 Å². The van der Waals surface area contributed by atoms with Gasteiger partial charge in [0.25, 0.3) is 0 Å². The van der Waals surface area contributed by atoms with Crippen molar-refractivity contribution in [3.8, 4) is 5.75 Å². The minimum atomic E-state index is -0.752. The zero-order chi connectivity index (χ0) is 26.5. The van der Waals surface area contributed by atoms with Gasteiger partial charge in [0.05, 0.1) is 13.2 Å². The van der Waals surface area contributed by atoms with Crippen LogP contribution in [0.1, 0.15) is 49.4 Å². The minimum absolute atomic E-state index is 0.0770. The molecule has 0 spiro atoms. The summed E-state index contributed by atoms with van der Waals surface area (Å²) in [5.74, 6) is 0.468. The number of rotatable bonds is 14. The molecule has 37 heavy (non-hydrogen) atoms. The van der Waals surface area contributed by atoms with E-state index in [9.17, 15) is 9.59 Å². The Kier molecular flexibility index (Phi) is 11.2. The predicted molar refractivity (Wildman–Crippen MR) is 146 cm³/mol. The Hall–Kier alpha value is -3.64. The predicted octanol–water partition coefficient (Wildman–Crippen LogP) is 5.33. The van der Waals surface area contributed by atoms with E-state index in [1.54, 1.807) is 12.0 Å². The van der Waals surface area contributed by atoms with Crippen molar-refractivity contribution in [3.63, 3.8) is 0 Å². The second-order valence-corrected chi connectivity index (χ2v) is 9.23. The largest absolute Gasteiger partial charge is 0.497 e. The summed E-state index contributed by atoms with van der Waals surface area (Å²) in [5, 5.41) is 3.04. The highest BCUT2D eigenvalue weighted by molar-refractivity contribution is 5.88. The Morgan fingerprint density at radius 3 is 2.14 bits per heavy atom. The van der Waals surface area contributed by atoms with Crippen LogP contribution in [0.3, 0.4) is 0 Å².